The van der Waals surface area contributed by atoms with Crippen LogP contribution in [0.5, 0.6) is 0 Å². The molecule has 5 heteroatoms. The molecule has 2 rings (SSSR count). The molecule has 1 aliphatic rings. The van der Waals surface area contributed by atoms with E-state index in [9.17, 15) is 9.59 Å². The highest BCUT2D eigenvalue weighted by atomic mass is 16.4. The molecule has 1 heterocycles. The van der Waals surface area contributed by atoms with E-state index in [0.717, 1.165) is 11.3 Å². The standard InChI is InChI=1S/C12H14N2O3/c1-9-4-2-3-5-10(9)13-7-6-11(15)14(13)8-12(16)17/h2-5H,6-8H2,1H3,(H,16,17). The Morgan fingerprint density at radius 3 is 2.76 bits per heavy atom. The number of carbonyl (C=O) groups excluding carboxylic acids is 1. The minimum Gasteiger partial charge on any atom is -0.480 e. The number of nitrogens with zero attached hydrogens (tertiary/aromatic N) is 2. The van der Waals surface area contributed by atoms with E-state index >= 15 is 0 Å². The van der Waals surface area contributed by atoms with Crippen LogP contribution < -0.4 is 5.01 Å². The summed E-state index contributed by atoms with van der Waals surface area (Å²) in [5.74, 6) is -1.14. The molecule has 0 aromatic heterocycles. The fourth-order valence-corrected chi connectivity index (χ4v) is 1.99. The molecule has 1 N–H and O–H groups in total. The van der Waals surface area contributed by atoms with E-state index in [1.807, 2.05) is 31.2 Å². The number of hydrogen-bond donors (Lipinski definition) is 1. The van der Waals surface area contributed by atoms with Crippen LogP contribution in [0.4, 0.5) is 5.69 Å². The van der Waals surface area contributed by atoms with Crippen molar-refractivity contribution in [2.24, 2.45) is 0 Å². The Morgan fingerprint density at radius 1 is 1.41 bits per heavy atom. The fourth-order valence-electron chi connectivity index (χ4n) is 1.99. The van der Waals surface area contributed by atoms with Gasteiger partial charge in [-0.2, -0.15) is 0 Å². The molecule has 0 saturated carbocycles. The number of carboxylic acid groups (broad SMARTS) is 1. The van der Waals surface area contributed by atoms with Gasteiger partial charge >= 0.3 is 5.97 Å². The number of hydrazine groups is 1. The molecule has 17 heavy (non-hydrogen) atoms. The molecule has 90 valence electrons. The minimum atomic E-state index is -1.00. The van der Waals surface area contributed by atoms with Crippen LogP contribution >= 0.6 is 0 Å². The lowest BCUT2D eigenvalue weighted by Gasteiger charge is -2.29. The molecule has 5 nitrogen and oxygen atoms in total. The van der Waals surface area contributed by atoms with E-state index < -0.39 is 5.97 Å². The van der Waals surface area contributed by atoms with Crippen LogP contribution in [0.3, 0.4) is 0 Å². The van der Waals surface area contributed by atoms with Gasteiger partial charge in [0, 0.05) is 13.0 Å². The quantitative estimate of drug-likeness (QED) is 0.848. The molecular weight excluding hydrogens is 220 g/mol. The van der Waals surface area contributed by atoms with Crippen LogP contribution in [0.2, 0.25) is 0 Å². The second kappa shape index (κ2) is 4.45. The van der Waals surface area contributed by atoms with Gasteiger partial charge in [-0.3, -0.25) is 14.6 Å². The number of aryl methyl sites for hydroxylation is 1. The summed E-state index contributed by atoms with van der Waals surface area (Å²) in [4.78, 5) is 22.4. The molecule has 1 saturated heterocycles. The Kier molecular flexibility index (Phi) is 2.99. The first-order valence-electron chi connectivity index (χ1n) is 5.45. The summed E-state index contributed by atoms with van der Waals surface area (Å²) in [6, 6.07) is 7.63. The molecule has 0 atom stereocenters. The third-order valence-electron chi connectivity index (χ3n) is 2.80. The zero-order valence-electron chi connectivity index (χ0n) is 9.59. The van der Waals surface area contributed by atoms with Crippen molar-refractivity contribution < 1.29 is 14.7 Å². The molecule has 1 aromatic rings. The Hall–Kier alpha value is -2.04. The van der Waals surface area contributed by atoms with Crippen molar-refractivity contribution in [3.63, 3.8) is 0 Å². The highest BCUT2D eigenvalue weighted by Crippen LogP contribution is 2.25. The minimum absolute atomic E-state index is 0.143. The zero-order valence-corrected chi connectivity index (χ0v) is 9.59. The smallest absolute Gasteiger partial charge is 0.325 e. The first kappa shape index (κ1) is 11.4. The number of benzene rings is 1. The average molecular weight is 234 g/mol. The molecule has 0 radical (unpaired) electrons. The normalized spacial score (nSPS) is 15.5. The van der Waals surface area contributed by atoms with Crippen molar-refractivity contribution in [3.05, 3.63) is 29.8 Å². The van der Waals surface area contributed by atoms with Gasteiger partial charge in [-0.1, -0.05) is 18.2 Å². The number of rotatable bonds is 3. The molecule has 1 aliphatic heterocycles. The molecule has 1 fully saturated rings. The van der Waals surface area contributed by atoms with Crippen LogP contribution in [0.15, 0.2) is 24.3 Å². The van der Waals surface area contributed by atoms with Crippen LogP contribution in [0, 0.1) is 6.92 Å². The molecule has 0 bridgehead atoms. The van der Waals surface area contributed by atoms with E-state index in [4.69, 9.17) is 5.11 Å². The lowest BCUT2D eigenvalue weighted by atomic mass is 10.2. The van der Waals surface area contributed by atoms with Crippen molar-refractivity contribution >= 4 is 17.6 Å². The van der Waals surface area contributed by atoms with E-state index in [2.05, 4.69) is 0 Å². The fraction of sp³-hybridized carbons (Fsp3) is 0.333. The number of carboxylic acids is 1. The van der Waals surface area contributed by atoms with Crippen molar-refractivity contribution in [2.45, 2.75) is 13.3 Å². The SMILES string of the molecule is Cc1ccccc1N1CCC(=O)N1CC(=O)O. The topological polar surface area (TPSA) is 60.9 Å². The third-order valence-corrected chi connectivity index (χ3v) is 2.80. The molecule has 0 unspecified atom stereocenters. The van der Waals surface area contributed by atoms with Gasteiger partial charge in [-0.25, -0.2) is 5.01 Å². The molecule has 1 aromatic carbocycles. The van der Waals surface area contributed by atoms with Crippen molar-refractivity contribution in [1.29, 1.82) is 0 Å². The van der Waals surface area contributed by atoms with Gasteiger partial charge in [0.25, 0.3) is 0 Å². The van der Waals surface area contributed by atoms with Gasteiger partial charge in [0.1, 0.15) is 6.54 Å². The van der Waals surface area contributed by atoms with Gasteiger partial charge in [0.2, 0.25) is 5.91 Å². The number of anilines is 1. The highest BCUT2D eigenvalue weighted by molar-refractivity contribution is 5.86. The first-order valence-corrected chi connectivity index (χ1v) is 5.45. The summed E-state index contributed by atoms with van der Waals surface area (Å²) in [5.41, 5.74) is 1.91. The summed E-state index contributed by atoms with van der Waals surface area (Å²) >= 11 is 0. The zero-order chi connectivity index (χ0) is 12.4. The maximum Gasteiger partial charge on any atom is 0.325 e. The maximum atomic E-state index is 11.6. The van der Waals surface area contributed by atoms with Crippen molar-refractivity contribution in [3.8, 4) is 0 Å². The van der Waals surface area contributed by atoms with E-state index in [1.54, 1.807) is 5.01 Å². The van der Waals surface area contributed by atoms with Crippen LogP contribution in [-0.2, 0) is 9.59 Å². The highest BCUT2D eigenvalue weighted by Gasteiger charge is 2.31. The summed E-state index contributed by atoms with van der Waals surface area (Å²) in [6.45, 7) is 2.20. The predicted molar refractivity (Wildman–Crippen MR) is 62.5 cm³/mol. The lowest BCUT2D eigenvalue weighted by molar-refractivity contribution is -0.143. The van der Waals surface area contributed by atoms with Gasteiger partial charge in [0.15, 0.2) is 0 Å². The van der Waals surface area contributed by atoms with E-state index in [1.165, 1.54) is 5.01 Å². The van der Waals surface area contributed by atoms with E-state index in [0.29, 0.717) is 13.0 Å². The van der Waals surface area contributed by atoms with Crippen molar-refractivity contribution in [2.75, 3.05) is 18.1 Å². The maximum absolute atomic E-state index is 11.6. The van der Waals surface area contributed by atoms with Gasteiger partial charge < -0.3 is 5.11 Å². The lowest BCUT2D eigenvalue weighted by Crippen LogP contribution is -2.42. The number of hydrogen-bond acceptors (Lipinski definition) is 3. The molecule has 1 amide bonds. The van der Waals surface area contributed by atoms with Crippen LogP contribution in [0.1, 0.15) is 12.0 Å². The Balaban J connectivity index is 2.28. The summed E-state index contributed by atoms with van der Waals surface area (Å²) < 4.78 is 0. The van der Waals surface area contributed by atoms with Gasteiger partial charge in [0.05, 0.1) is 5.69 Å². The Bertz CT molecular complexity index is 459. The van der Waals surface area contributed by atoms with Crippen LogP contribution in [0.25, 0.3) is 0 Å². The average Bonchev–Trinajstić information content (AvgIpc) is 2.61. The van der Waals surface area contributed by atoms with Gasteiger partial charge in [-0.05, 0) is 18.6 Å². The molecular formula is C12H14N2O3. The van der Waals surface area contributed by atoms with Crippen molar-refractivity contribution in [1.82, 2.24) is 5.01 Å². The Morgan fingerprint density at radius 2 is 2.12 bits per heavy atom. The monoisotopic (exact) mass is 234 g/mol. The second-order valence-electron chi connectivity index (χ2n) is 4.00. The number of carbonyl (C=O) groups is 2. The number of para-hydroxylation sites is 1. The van der Waals surface area contributed by atoms with E-state index in [-0.39, 0.29) is 12.5 Å². The summed E-state index contributed by atoms with van der Waals surface area (Å²) in [5, 5.41) is 11.8. The van der Waals surface area contributed by atoms with Gasteiger partial charge in [-0.15, -0.1) is 0 Å². The third kappa shape index (κ3) is 2.22. The van der Waals surface area contributed by atoms with Crippen LogP contribution in [-0.4, -0.2) is 35.1 Å². The Labute approximate surface area is 99.2 Å². The predicted octanol–water partition coefficient (Wildman–Crippen LogP) is 1.03. The summed E-state index contributed by atoms with van der Waals surface area (Å²) in [6.07, 6.45) is 0.363. The largest absolute Gasteiger partial charge is 0.480 e. The molecule has 0 spiro atoms. The first-order chi connectivity index (χ1) is 8.09. The number of amides is 1. The summed E-state index contributed by atoms with van der Waals surface area (Å²) in [7, 11) is 0. The second-order valence-corrected chi connectivity index (χ2v) is 4.00. The number of aliphatic carboxylic acids is 1. The molecule has 0 aliphatic carbocycles.